The molecule has 6 heteroatoms. The van der Waals surface area contributed by atoms with Gasteiger partial charge in [-0.15, -0.1) is 0 Å². The average Bonchev–Trinajstić information content (AvgIpc) is 2.03. The highest BCUT2D eigenvalue weighted by molar-refractivity contribution is 5.91. The fourth-order valence-electron chi connectivity index (χ4n) is 0.949. The molecule has 0 aromatic carbocycles. The van der Waals surface area contributed by atoms with E-state index in [1.165, 1.54) is 0 Å². The van der Waals surface area contributed by atoms with Gasteiger partial charge in [-0.1, -0.05) is 6.92 Å². The van der Waals surface area contributed by atoms with Crippen molar-refractivity contribution in [2.75, 3.05) is 0 Å². The first-order valence-corrected chi connectivity index (χ1v) is 3.90. The molecule has 0 aliphatic heterocycles. The topological polar surface area (TPSA) is 123 Å². The van der Waals surface area contributed by atoms with Gasteiger partial charge in [0.1, 0.15) is 0 Å². The van der Waals surface area contributed by atoms with Crippen LogP contribution in [0.2, 0.25) is 0 Å². The van der Waals surface area contributed by atoms with Gasteiger partial charge in [-0.25, -0.2) is 0 Å². The van der Waals surface area contributed by atoms with E-state index in [0.717, 1.165) is 0 Å². The Morgan fingerprint density at radius 1 is 1.21 bits per heavy atom. The van der Waals surface area contributed by atoms with Crippen LogP contribution in [0.3, 0.4) is 0 Å². The van der Waals surface area contributed by atoms with Crippen molar-refractivity contribution in [3.8, 4) is 0 Å². The van der Waals surface area contributed by atoms with E-state index in [0.29, 0.717) is 0 Å². The Morgan fingerprint density at radius 2 is 1.64 bits per heavy atom. The van der Waals surface area contributed by atoms with E-state index < -0.39 is 36.1 Å². The van der Waals surface area contributed by atoms with Crippen LogP contribution in [0.5, 0.6) is 0 Å². The monoisotopic (exact) mass is 200 g/mol. The molecule has 14 heavy (non-hydrogen) atoms. The summed E-state index contributed by atoms with van der Waals surface area (Å²) in [5.41, 5.74) is 4.89. The third-order valence-corrected chi connectivity index (χ3v) is 1.84. The molecule has 0 fully saturated rings. The van der Waals surface area contributed by atoms with Gasteiger partial charge in [0.15, 0.2) is 0 Å². The summed E-state index contributed by atoms with van der Waals surface area (Å²) >= 11 is 0. The molecule has 1 amide bonds. The second-order valence-electron chi connectivity index (χ2n) is 2.81. The lowest BCUT2D eigenvalue weighted by molar-refractivity contribution is -0.332. The van der Waals surface area contributed by atoms with Gasteiger partial charge in [0.2, 0.25) is 5.91 Å². The van der Waals surface area contributed by atoms with Crippen molar-refractivity contribution in [2.24, 2.45) is 17.6 Å². The SMILES string of the molecule is [CH2]CC(CC(C(=O)[O-])C(=O)[O-])C(N)=O. The molecule has 0 spiro atoms. The van der Waals surface area contributed by atoms with Crippen LogP contribution in [0.1, 0.15) is 12.8 Å². The van der Waals surface area contributed by atoms with Gasteiger partial charge in [0.25, 0.3) is 0 Å². The molecule has 1 radical (unpaired) electrons. The van der Waals surface area contributed by atoms with E-state index in [4.69, 9.17) is 5.73 Å². The largest absolute Gasteiger partial charge is 0.549 e. The number of hydrogen-bond donors (Lipinski definition) is 1. The van der Waals surface area contributed by atoms with Crippen molar-refractivity contribution in [1.82, 2.24) is 0 Å². The fraction of sp³-hybridized carbons (Fsp3) is 0.500. The second kappa shape index (κ2) is 5.21. The zero-order valence-electron chi connectivity index (χ0n) is 7.39. The smallest absolute Gasteiger partial charge is 0.220 e. The number of nitrogens with two attached hydrogens (primary N) is 1. The zero-order chi connectivity index (χ0) is 11.3. The molecule has 2 N–H and O–H groups in total. The van der Waals surface area contributed by atoms with Gasteiger partial charge in [-0.3, -0.25) is 4.79 Å². The summed E-state index contributed by atoms with van der Waals surface area (Å²) in [6, 6.07) is 0. The van der Waals surface area contributed by atoms with Crippen LogP contribution in [0.25, 0.3) is 0 Å². The maximum Gasteiger partial charge on any atom is 0.220 e. The number of aliphatic carboxylic acids is 2. The quantitative estimate of drug-likeness (QED) is 0.452. The predicted octanol–water partition coefficient (Wildman–Crippen LogP) is -3.18. The van der Waals surface area contributed by atoms with Gasteiger partial charge in [0.05, 0.1) is 11.9 Å². The molecule has 0 aromatic heterocycles. The molecule has 0 saturated carbocycles. The molecule has 0 rings (SSSR count). The maximum absolute atomic E-state index is 10.7. The summed E-state index contributed by atoms with van der Waals surface area (Å²) in [7, 11) is 0. The lowest BCUT2D eigenvalue weighted by Crippen LogP contribution is -2.45. The van der Waals surface area contributed by atoms with E-state index in [1.807, 2.05) is 0 Å². The Labute approximate surface area is 80.7 Å². The minimum absolute atomic E-state index is 0.0341. The molecule has 79 valence electrons. The third-order valence-electron chi connectivity index (χ3n) is 1.84. The van der Waals surface area contributed by atoms with Crippen LogP contribution >= 0.6 is 0 Å². The molecular formula is C8H10NO5-2. The van der Waals surface area contributed by atoms with Gasteiger partial charge in [-0.2, -0.15) is 0 Å². The Balaban J connectivity index is 4.49. The van der Waals surface area contributed by atoms with Gasteiger partial charge >= 0.3 is 0 Å². The molecular weight excluding hydrogens is 190 g/mol. The van der Waals surface area contributed by atoms with Crippen LogP contribution in [-0.2, 0) is 14.4 Å². The van der Waals surface area contributed by atoms with Crippen LogP contribution in [0, 0.1) is 18.8 Å². The molecule has 1 atom stereocenters. The summed E-state index contributed by atoms with van der Waals surface area (Å²) in [6.45, 7) is 3.35. The highest BCUT2D eigenvalue weighted by Gasteiger charge is 2.21. The van der Waals surface area contributed by atoms with Crippen molar-refractivity contribution < 1.29 is 24.6 Å². The number of hydrogen-bond acceptors (Lipinski definition) is 5. The minimum atomic E-state index is -1.82. The first kappa shape index (κ1) is 12.4. The summed E-state index contributed by atoms with van der Waals surface area (Å²) < 4.78 is 0. The van der Waals surface area contributed by atoms with E-state index in [2.05, 4.69) is 6.92 Å². The number of carboxylic acid groups (broad SMARTS) is 2. The molecule has 0 heterocycles. The molecule has 0 aliphatic carbocycles. The predicted molar refractivity (Wildman–Crippen MR) is 40.8 cm³/mol. The molecule has 6 nitrogen and oxygen atoms in total. The molecule has 0 aliphatic rings. The Hall–Kier alpha value is -1.59. The Morgan fingerprint density at radius 3 is 1.86 bits per heavy atom. The van der Waals surface area contributed by atoms with Gasteiger partial charge in [0, 0.05) is 11.8 Å². The van der Waals surface area contributed by atoms with E-state index >= 15 is 0 Å². The van der Waals surface area contributed by atoms with Crippen molar-refractivity contribution >= 4 is 17.8 Å². The molecule has 0 bridgehead atoms. The van der Waals surface area contributed by atoms with Crippen molar-refractivity contribution in [2.45, 2.75) is 12.8 Å². The first-order chi connectivity index (χ1) is 6.40. The van der Waals surface area contributed by atoms with Gasteiger partial charge < -0.3 is 25.5 Å². The average molecular weight is 200 g/mol. The fourth-order valence-corrected chi connectivity index (χ4v) is 0.949. The number of primary amides is 1. The number of carbonyl (C=O) groups is 3. The maximum atomic E-state index is 10.7. The highest BCUT2D eigenvalue weighted by Crippen LogP contribution is 2.14. The summed E-state index contributed by atoms with van der Waals surface area (Å²) in [4.78, 5) is 31.3. The molecule has 1 unspecified atom stereocenters. The normalized spacial score (nSPS) is 12.4. The van der Waals surface area contributed by atoms with Crippen molar-refractivity contribution in [3.05, 3.63) is 6.92 Å². The number of rotatable bonds is 6. The van der Waals surface area contributed by atoms with Crippen LogP contribution in [0.15, 0.2) is 0 Å². The van der Waals surface area contributed by atoms with Crippen LogP contribution in [-0.4, -0.2) is 17.8 Å². The van der Waals surface area contributed by atoms with E-state index in [-0.39, 0.29) is 6.42 Å². The molecule has 0 aromatic rings. The zero-order valence-corrected chi connectivity index (χ0v) is 7.39. The standard InChI is InChI=1S/C8H12NO5/c1-2-4(6(9)10)3-5(7(11)12)8(13)14/h4-5H,1-3H2,(H2,9,10)(H,11,12)(H,13,14)/p-2. The summed E-state index contributed by atoms with van der Waals surface area (Å²) in [5.74, 6) is -7.08. The lowest BCUT2D eigenvalue weighted by Gasteiger charge is -2.22. The minimum Gasteiger partial charge on any atom is -0.549 e. The van der Waals surface area contributed by atoms with E-state index in [9.17, 15) is 24.6 Å². The summed E-state index contributed by atoms with van der Waals surface area (Å²) in [5, 5.41) is 20.6. The first-order valence-electron chi connectivity index (χ1n) is 3.90. The number of amides is 1. The molecule has 0 saturated heterocycles. The van der Waals surface area contributed by atoms with Gasteiger partial charge in [-0.05, 0) is 12.8 Å². The van der Waals surface area contributed by atoms with Crippen molar-refractivity contribution in [3.63, 3.8) is 0 Å². The van der Waals surface area contributed by atoms with Crippen LogP contribution < -0.4 is 15.9 Å². The Kier molecular flexibility index (Phi) is 4.62. The Bertz CT molecular complexity index is 236. The number of carbonyl (C=O) groups excluding carboxylic acids is 3. The third kappa shape index (κ3) is 3.42. The lowest BCUT2D eigenvalue weighted by atomic mass is 9.92. The van der Waals surface area contributed by atoms with E-state index in [1.54, 1.807) is 0 Å². The van der Waals surface area contributed by atoms with Crippen molar-refractivity contribution in [1.29, 1.82) is 0 Å². The second-order valence-corrected chi connectivity index (χ2v) is 2.81. The highest BCUT2D eigenvalue weighted by atomic mass is 16.4. The van der Waals surface area contributed by atoms with Crippen LogP contribution in [0.4, 0.5) is 0 Å². The summed E-state index contributed by atoms with van der Waals surface area (Å²) in [6.07, 6.45) is -0.407. The number of carboxylic acids is 2.